The Morgan fingerprint density at radius 3 is 2.39 bits per heavy atom. The highest BCUT2D eigenvalue weighted by Gasteiger charge is 2.29. The molecule has 0 fully saturated rings. The molecule has 2 atom stereocenters. The normalized spacial score (nSPS) is 15.9. The molecule has 0 unspecified atom stereocenters. The van der Waals surface area contributed by atoms with Gasteiger partial charge in [-0.3, -0.25) is 9.79 Å². The number of hydrogen-bond donors (Lipinski definition) is 3. The molecule has 0 saturated heterocycles. The van der Waals surface area contributed by atoms with Gasteiger partial charge in [-0.1, -0.05) is 0 Å². The molecule has 18 heavy (non-hydrogen) atoms. The zero-order valence-electron chi connectivity index (χ0n) is 10.3. The summed E-state index contributed by atoms with van der Waals surface area (Å²) in [5.74, 6) is -0.584. The van der Waals surface area contributed by atoms with Gasteiger partial charge in [-0.05, 0) is 13.8 Å². The summed E-state index contributed by atoms with van der Waals surface area (Å²) >= 11 is 1.16. The van der Waals surface area contributed by atoms with Crippen molar-refractivity contribution in [3.63, 3.8) is 0 Å². The highest BCUT2D eigenvalue weighted by Crippen LogP contribution is 2.17. The molecule has 0 heterocycles. The Labute approximate surface area is 123 Å². The molecule has 0 bridgehead atoms. The number of carbonyl (C=O) groups is 1. The lowest BCUT2D eigenvalue weighted by molar-refractivity contribution is -0.141. The summed E-state index contributed by atoms with van der Waals surface area (Å²) in [6.45, 7) is 2.66. The molecule has 0 aromatic carbocycles. The van der Waals surface area contributed by atoms with Crippen LogP contribution in [0.2, 0.25) is 0 Å². The third-order valence-corrected chi connectivity index (χ3v) is 3.34. The van der Waals surface area contributed by atoms with E-state index in [0.29, 0.717) is 5.84 Å². The monoisotopic (exact) mass is 323 g/mol. The Bertz CT molecular complexity index is 277. The Morgan fingerprint density at radius 2 is 2.06 bits per heavy atom. The van der Waals surface area contributed by atoms with E-state index >= 15 is 0 Å². The number of nitrogens with zero attached hydrogens (tertiary/aromatic N) is 1. The van der Waals surface area contributed by atoms with Gasteiger partial charge in [-0.15, -0.1) is 24.8 Å². The topological polar surface area (TPSA) is 102 Å². The molecule has 0 spiro atoms. The second kappa shape index (κ2) is 10.7. The van der Waals surface area contributed by atoms with Gasteiger partial charge in [0.1, 0.15) is 12.2 Å². The van der Waals surface area contributed by atoms with Crippen molar-refractivity contribution < 1.29 is 14.3 Å². The van der Waals surface area contributed by atoms with Crippen molar-refractivity contribution in [2.45, 2.75) is 24.6 Å². The summed E-state index contributed by atoms with van der Waals surface area (Å²) in [6, 6.07) is 0. The Kier molecular flexibility index (Phi) is 13.6. The first-order valence-electron chi connectivity index (χ1n) is 4.76. The smallest absolute Gasteiger partial charge is 0.324 e. The van der Waals surface area contributed by atoms with Crippen LogP contribution in [0, 0.1) is 0 Å². The van der Waals surface area contributed by atoms with Crippen molar-refractivity contribution in [1.29, 1.82) is 0 Å². The third-order valence-electron chi connectivity index (χ3n) is 1.82. The molecular formula is C9H20Cl2FN3O2S. The highest BCUT2D eigenvalue weighted by molar-refractivity contribution is 8.00. The maximum Gasteiger partial charge on any atom is 0.324 e. The van der Waals surface area contributed by atoms with Crippen LogP contribution in [0.4, 0.5) is 4.39 Å². The van der Waals surface area contributed by atoms with E-state index in [9.17, 15) is 9.18 Å². The molecule has 0 aliphatic rings. The molecule has 0 radical (unpaired) electrons. The van der Waals surface area contributed by atoms with Crippen LogP contribution in [0.5, 0.6) is 0 Å². The van der Waals surface area contributed by atoms with Crippen LogP contribution >= 0.6 is 36.6 Å². The molecule has 0 aromatic heterocycles. The third kappa shape index (κ3) is 9.76. The van der Waals surface area contributed by atoms with Crippen LogP contribution in [0.15, 0.2) is 4.99 Å². The van der Waals surface area contributed by atoms with Crippen molar-refractivity contribution >= 4 is 48.4 Å². The zero-order chi connectivity index (χ0) is 12.8. The standard InChI is InChI=1S/C9H18FN3O2S.2ClH/c1-6(11)13-4-7(3-10)16-5-9(2,12)8(14)15;;/h7H,3-5,12H2,1-2H3,(H2,11,13)(H,14,15);2*1H/t7-,9+;;/m1../s1. The average molecular weight is 324 g/mol. The van der Waals surface area contributed by atoms with E-state index in [2.05, 4.69) is 4.99 Å². The second-order valence-electron chi connectivity index (χ2n) is 3.79. The number of aliphatic carboxylic acids is 1. The van der Waals surface area contributed by atoms with Gasteiger partial charge in [-0.2, -0.15) is 11.8 Å². The summed E-state index contributed by atoms with van der Waals surface area (Å²) in [4.78, 5) is 14.6. The number of carboxylic acids is 1. The number of amidine groups is 1. The molecule has 5 nitrogen and oxygen atoms in total. The second-order valence-corrected chi connectivity index (χ2v) is 5.08. The minimum Gasteiger partial charge on any atom is -0.480 e. The summed E-state index contributed by atoms with van der Waals surface area (Å²) < 4.78 is 12.6. The van der Waals surface area contributed by atoms with Crippen LogP contribution in [-0.4, -0.2) is 46.7 Å². The minimum atomic E-state index is -1.35. The number of alkyl halides is 1. The van der Waals surface area contributed by atoms with E-state index in [1.54, 1.807) is 6.92 Å². The Balaban J connectivity index is -0.00000112. The van der Waals surface area contributed by atoms with E-state index in [-0.39, 0.29) is 37.1 Å². The SMILES string of the molecule is CC(N)=NC[C@@H](CF)SC[C@](C)(N)C(=O)O.Cl.Cl. The quantitative estimate of drug-likeness (QED) is 0.480. The molecule has 0 amide bonds. The van der Waals surface area contributed by atoms with Crippen LogP contribution < -0.4 is 11.5 Å². The first-order chi connectivity index (χ1) is 7.29. The fraction of sp³-hybridized carbons (Fsp3) is 0.778. The lowest BCUT2D eigenvalue weighted by Crippen LogP contribution is -2.47. The molecule has 0 saturated carbocycles. The van der Waals surface area contributed by atoms with Crippen molar-refractivity contribution in [2.75, 3.05) is 19.0 Å². The predicted octanol–water partition coefficient (Wildman–Crippen LogP) is 1.08. The van der Waals surface area contributed by atoms with Gasteiger partial charge in [0.25, 0.3) is 0 Å². The van der Waals surface area contributed by atoms with Crippen molar-refractivity contribution in [1.82, 2.24) is 0 Å². The molecule has 5 N–H and O–H groups in total. The van der Waals surface area contributed by atoms with Crippen LogP contribution in [0.25, 0.3) is 0 Å². The molecule has 9 heteroatoms. The Hall–Kier alpha value is -0.240. The number of carboxylic acid groups (broad SMARTS) is 1. The van der Waals surface area contributed by atoms with Crippen molar-refractivity contribution in [3.05, 3.63) is 0 Å². The summed E-state index contributed by atoms with van der Waals surface area (Å²) in [5.41, 5.74) is 9.49. The van der Waals surface area contributed by atoms with E-state index < -0.39 is 23.4 Å². The van der Waals surface area contributed by atoms with Gasteiger partial charge in [-0.25, -0.2) is 4.39 Å². The first kappa shape index (κ1) is 22.9. The largest absolute Gasteiger partial charge is 0.480 e. The van der Waals surface area contributed by atoms with Gasteiger partial charge in [0.2, 0.25) is 0 Å². The lowest BCUT2D eigenvalue weighted by Gasteiger charge is -2.20. The molecule has 110 valence electrons. The van der Waals surface area contributed by atoms with Gasteiger partial charge in [0.15, 0.2) is 0 Å². The number of aliphatic imine (C=N–C) groups is 1. The van der Waals surface area contributed by atoms with Gasteiger partial charge >= 0.3 is 5.97 Å². The minimum absolute atomic E-state index is 0. The van der Waals surface area contributed by atoms with Crippen molar-refractivity contribution in [3.8, 4) is 0 Å². The van der Waals surface area contributed by atoms with Crippen LogP contribution in [0.3, 0.4) is 0 Å². The number of hydrogen-bond acceptors (Lipinski definition) is 4. The number of thioether (sulfide) groups is 1. The van der Waals surface area contributed by atoms with Crippen LogP contribution in [-0.2, 0) is 4.79 Å². The van der Waals surface area contributed by atoms with E-state index in [1.165, 1.54) is 6.92 Å². The predicted molar refractivity (Wildman–Crippen MR) is 79.1 cm³/mol. The fourth-order valence-corrected chi connectivity index (χ4v) is 1.72. The maximum absolute atomic E-state index is 12.6. The molecule has 0 aliphatic carbocycles. The molecular weight excluding hydrogens is 304 g/mol. The summed E-state index contributed by atoms with van der Waals surface area (Å²) in [7, 11) is 0. The summed E-state index contributed by atoms with van der Waals surface area (Å²) in [6.07, 6.45) is 0. The number of halogens is 3. The van der Waals surface area contributed by atoms with Crippen molar-refractivity contribution in [2.24, 2.45) is 16.5 Å². The highest BCUT2D eigenvalue weighted by atomic mass is 35.5. The Morgan fingerprint density at radius 1 is 1.56 bits per heavy atom. The number of rotatable bonds is 7. The van der Waals surface area contributed by atoms with Crippen LogP contribution in [0.1, 0.15) is 13.8 Å². The van der Waals surface area contributed by atoms with E-state index in [0.717, 1.165) is 11.8 Å². The lowest BCUT2D eigenvalue weighted by atomic mass is 10.1. The van der Waals surface area contributed by atoms with E-state index in [1.807, 2.05) is 0 Å². The summed E-state index contributed by atoms with van der Waals surface area (Å²) in [5, 5.41) is 8.36. The van der Waals surface area contributed by atoms with E-state index in [4.69, 9.17) is 16.6 Å². The maximum atomic E-state index is 12.6. The zero-order valence-corrected chi connectivity index (χ0v) is 12.7. The average Bonchev–Trinajstić information content (AvgIpc) is 2.17. The van der Waals surface area contributed by atoms with Gasteiger partial charge in [0, 0.05) is 5.75 Å². The fourth-order valence-electron chi connectivity index (χ4n) is 0.745. The van der Waals surface area contributed by atoms with Gasteiger partial charge in [0.05, 0.1) is 17.6 Å². The molecule has 0 aliphatic heterocycles. The number of nitrogens with two attached hydrogens (primary N) is 2. The van der Waals surface area contributed by atoms with Gasteiger partial charge < -0.3 is 16.6 Å². The molecule has 0 aromatic rings. The first-order valence-corrected chi connectivity index (χ1v) is 5.81. The molecule has 0 rings (SSSR count).